The van der Waals surface area contributed by atoms with E-state index in [4.69, 9.17) is 0 Å². The van der Waals surface area contributed by atoms with E-state index in [1.165, 1.54) is 0 Å². The number of aromatic nitrogens is 2. The molecule has 0 saturated heterocycles. The van der Waals surface area contributed by atoms with Crippen molar-refractivity contribution in [3.05, 3.63) is 11.4 Å². The molecule has 0 aliphatic rings. The second-order valence-corrected chi connectivity index (χ2v) is 5.12. The third kappa shape index (κ3) is 4.67. The van der Waals surface area contributed by atoms with Crippen molar-refractivity contribution in [2.45, 2.75) is 40.7 Å². The molecule has 0 fully saturated rings. The third-order valence-corrected chi connectivity index (χ3v) is 3.24. The molecule has 1 rings (SSSR count). The minimum absolute atomic E-state index is 0.562. The van der Waals surface area contributed by atoms with Crippen LogP contribution in [0.4, 0.5) is 11.6 Å². The van der Waals surface area contributed by atoms with Crippen LogP contribution in [0, 0.1) is 13.8 Å². The highest BCUT2D eigenvalue weighted by atomic mass is 15.1. The van der Waals surface area contributed by atoms with E-state index in [-0.39, 0.29) is 0 Å². The maximum absolute atomic E-state index is 4.48. The molecule has 0 atom stereocenters. The molecule has 19 heavy (non-hydrogen) atoms. The van der Waals surface area contributed by atoms with Gasteiger partial charge in [-0.3, -0.25) is 0 Å². The van der Waals surface area contributed by atoms with Crippen LogP contribution >= 0.6 is 0 Å². The average molecular weight is 265 g/mol. The molecule has 1 heterocycles. The van der Waals surface area contributed by atoms with Crippen LogP contribution < -0.4 is 10.6 Å². The Hall–Kier alpha value is -1.36. The van der Waals surface area contributed by atoms with Crippen LogP contribution in [0.25, 0.3) is 0 Å². The molecule has 1 aromatic heterocycles. The fraction of sp³-hybridized carbons (Fsp3) is 0.714. The molecule has 0 aliphatic heterocycles. The Balaban J connectivity index is 2.67. The number of hydrogen-bond donors (Lipinski definition) is 2. The van der Waals surface area contributed by atoms with Gasteiger partial charge in [-0.05, 0) is 41.7 Å². The molecule has 0 aromatic carbocycles. The van der Waals surface area contributed by atoms with Gasteiger partial charge in [0, 0.05) is 31.2 Å². The van der Waals surface area contributed by atoms with Gasteiger partial charge in [-0.25, -0.2) is 9.97 Å². The van der Waals surface area contributed by atoms with Gasteiger partial charge in [0.1, 0.15) is 17.5 Å². The summed E-state index contributed by atoms with van der Waals surface area (Å²) in [5.74, 6) is 2.65. The zero-order valence-corrected chi connectivity index (χ0v) is 13.0. The van der Waals surface area contributed by atoms with E-state index in [0.29, 0.717) is 6.04 Å². The van der Waals surface area contributed by atoms with Crippen molar-refractivity contribution in [3.63, 3.8) is 0 Å². The number of anilines is 2. The van der Waals surface area contributed by atoms with Crippen molar-refractivity contribution in [2.24, 2.45) is 0 Å². The first-order valence-corrected chi connectivity index (χ1v) is 6.98. The summed E-state index contributed by atoms with van der Waals surface area (Å²) in [5.41, 5.74) is 1.08. The minimum Gasteiger partial charge on any atom is -0.370 e. The van der Waals surface area contributed by atoms with Crippen LogP contribution in [0.15, 0.2) is 0 Å². The fourth-order valence-corrected chi connectivity index (χ4v) is 1.75. The highest BCUT2D eigenvalue weighted by Gasteiger charge is 2.09. The lowest BCUT2D eigenvalue weighted by atomic mass is 10.3. The summed E-state index contributed by atoms with van der Waals surface area (Å²) in [5, 5.41) is 6.68. The molecule has 0 radical (unpaired) electrons. The van der Waals surface area contributed by atoms with Gasteiger partial charge < -0.3 is 15.5 Å². The zero-order valence-electron chi connectivity index (χ0n) is 13.0. The van der Waals surface area contributed by atoms with Crippen molar-refractivity contribution in [1.82, 2.24) is 14.9 Å². The monoisotopic (exact) mass is 265 g/mol. The molecule has 0 aliphatic carbocycles. The van der Waals surface area contributed by atoms with Gasteiger partial charge in [0.25, 0.3) is 0 Å². The van der Waals surface area contributed by atoms with Crippen LogP contribution in [-0.4, -0.2) is 47.6 Å². The Bertz CT molecular complexity index is 403. The van der Waals surface area contributed by atoms with Gasteiger partial charge >= 0.3 is 0 Å². The van der Waals surface area contributed by atoms with Gasteiger partial charge in [-0.1, -0.05) is 0 Å². The third-order valence-electron chi connectivity index (χ3n) is 3.24. The topological polar surface area (TPSA) is 53.1 Å². The Morgan fingerprint density at radius 3 is 2.21 bits per heavy atom. The van der Waals surface area contributed by atoms with Crippen LogP contribution in [0.1, 0.15) is 32.2 Å². The van der Waals surface area contributed by atoms with Crippen molar-refractivity contribution in [3.8, 4) is 0 Å². The number of rotatable bonds is 7. The van der Waals surface area contributed by atoms with Crippen LogP contribution in [-0.2, 0) is 0 Å². The first kappa shape index (κ1) is 15.7. The number of nitrogens with one attached hydrogen (secondary N) is 2. The lowest BCUT2D eigenvalue weighted by molar-refractivity contribution is 0.284. The van der Waals surface area contributed by atoms with Crippen LogP contribution in [0.2, 0.25) is 0 Å². The summed E-state index contributed by atoms with van der Waals surface area (Å²) < 4.78 is 0. The van der Waals surface area contributed by atoms with E-state index in [1.807, 2.05) is 13.8 Å². The Labute approximate surface area is 116 Å². The number of likely N-dealkylation sites (N-methyl/N-ethyl adjacent to an activating group) is 1. The zero-order chi connectivity index (χ0) is 14.4. The Morgan fingerprint density at radius 1 is 1.11 bits per heavy atom. The van der Waals surface area contributed by atoms with E-state index in [9.17, 15) is 0 Å². The van der Waals surface area contributed by atoms with Crippen molar-refractivity contribution in [1.29, 1.82) is 0 Å². The summed E-state index contributed by atoms with van der Waals surface area (Å²) in [6, 6.07) is 0.562. The van der Waals surface area contributed by atoms with E-state index in [1.54, 1.807) is 0 Å². The SMILES string of the molecule is CCNc1nc(C)nc(NCCN(C)C(C)C)c1C. The molecule has 0 amide bonds. The largest absolute Gasteiger partial charge is 0.370 e. The normalized spacial score (nSPS) is 11.2. The molecule has 108 valence electrons. The molecule has 5 heteroatoms. The molecule has 0 unspecified atom stereocenters. The minimum atomic E-state index is 0.562. The second-order valence-electron chi connectivity index (χ2n) is 5.12. The quantitative estimate of drug-likeness (QED) is 0.792. The smallest absolute Gasteiger partial charge is 0.134 e. The number of aryl methyl sites for hydroxylation is 1. The first-order chi connectivity index (χ1) is 8.95. The highest BCUT2D eigenvalue weighted by molar-refractivity contribution is 5.57. The predicted molar refractivity (Wildman–Crippen MR) is 81.9 cm³/mol. The molecular formula is C14H27N5. The van der Waals surface area contributed by atoms with Crippen molar-refractivity contribution >= 4 is 11.6 Å². The molecule has 1 aromatic rings. The highest BCUT2D eigenvalue weighted by Crippen LogP contribution is 2.19. The second kappa shape index (κ2) is 7.28. The van der Waals surface area contributed by atoms with E-state index in [0.717, 1.165) is 42.7 Å². The summed E-state index contributed by atoms with van der Waals surface area (Å²) in [6.45, 7) is 13.2. The van der Waals surface area contributed by atoms with Gasteiger partial charge in [0.2, 0.25) is 0 Å². The molecule has 0 saturated carbocycles. The predicted octanol–water partition coefficient (Wildman–Crippen LogP) is 2.28. The number of nitrogens with zero attached hydrogens (tertiary/aromatic N) is 3. The van der Waals surface area contributed by atoms with Crippen molar-refractivity contribution in [2.75, 3.05) is 37.3 Å². The fourth-order valence-electron chi connectivity index (χ4n) is 1.75. The molecular weight excluding hydrogens is 238 g/mol. The molecule has 0 spiro atoms. The standard InChI is InChI=1S/C14H27N5/c1-7-15-13-11(4)14(18-12(5)17-13)16-8-9-19(6)10(2)3/h10H,7-9H2,1-6H3,(H2,15,16,17,18). The van der Waals surface area contributed by atoms with Gasteiger partial charge in [0.15, 0.2) is 0 Å². The van der Waals surface area contributed by atoms with Gasteiger partial charge in [-0.2, -0.15) is 0 Å². The van der Waals surface area contributed by atoms with Crippen LogP contribution in [0.3, 0.4) is 0 Å². The van der Waals surface area contributed by atoms with Crippen molar-refractivity contribution < 1.29 is 0 Å². The maximum atomic E-state index is 4.48. The number of hydrogen-bond acceptors (Lipinski definition) is 5. The summed E-state index contributed by atoms with van der Waals surface area (Å²) in [7, 11) is 2.13. The molecule has 0 bridgehead atoms. The van der Waals surface area contributed by atoms with E-state index in [2.05, 4.69) is 53.3 Å². The summed E-state index contributed by atoms with van der Waals surface area (Å²) in [4.78, 5) is 11.2. The van der Waals surface area contributed by atoms with Gasteiger partial charge in [-0.15, -0.1) is 0 Å². The van der Waals surface area contributed by atoms with Crippen LogP contribution in [0.5, 0.6) is 0 Å². The van der Waals surface area contributed by atoms with E-state index < -0.39 is 0 Å². The summed E-state index contributed by atoms with van der Waals surface area (Å²) in [6.07, 6.45) is 0. The average Bonchev–Trinajstić information content (AvgIpc) is 2.34. The van der Waals surface area contributed by atoms with Gasteiger partial charge in [0.05, 0.1) is 0 Å². The lowest BCUT2D eigenvalue weighted by Gasteiger charge is -2.21. The molecule has 2 N–H and O–H groups in total. The van der Waals surface area contributed by atoms with E-state index >= 15 is 0 Å². The summed E-state index contributed by atoms with van der Waals surface area (Å²) >= 11 is 0. The Morgan fingerprint density at radius 2 is 1.68 bits per heavy atom. The lowest BCUT2D eigenvalue weighted by Crippen LogP contribution is -2.31. The maximum Gasteiger partial charge on any atom is 0.134 e. The Kier molecular flexibility index (Phi) is 6.02. The molecule has 5 nitrogen and oxygen atoms in total. The first-order valence-electron chi connectivity index (χ1n) is 6.98.